The molecule has 34 heavy (non-hydrogen) atoms. The van der Waals surface area contributed by atoms with Crippen LogP contribution in [0.3, 0.4) is 0 Å². The Morgan fingerprint density at radius 1 is 1.12 bits per heavy atom. The van der Waals surface area contributed by atoms with Crippen molar-refractivity contribution in [1.82, 2.24) is 19.5 Å². The SMILES string of the molecule is COC1C=c2nc(C(F)(F)F)n(-c3cnc(NC(=O)c4cccc(C(F)(F)F)c4)cn3)c2=CC1. The van der Waals surface area contributed by atoms with E-state index in [9.17, 15) is 31.1 Å². The lowest BCUT2D eigenvalue weighted by atomic mass is 10.1. The van der Waals surface area contributed by atoms with Crippen LogP contribution in [0.1, 0.15) is 28.2 Å². The molecular weight excluding hydrogens is 468 g/mol. The van der Waals surface area contributed by atoms with Gasteiger partial charge in [0.2, 0.25) is 5.82 Å². The fourth-order valence-electron chi connectivity index (χ4n) is 3.35. The van der Waals surface area contributed by atoms with Gasteiger partial charge >= 0.3 is 12.4 Å². The van der Waals surface area contributed by atoms with E-state index in [0.29, 0.717) is 12.5 Å². The maximum atomic E-state index is 13.6. The van der Waals surface area contributed by atoms with Gasteiger partial charge in [-0.1, -0.05) is 12.1 Å². The first-order chi connectivity index (χ1) is 16.0. The zero-order valence-electron chi connectivity index (χ0n) is 17.3. The number of halogens is 6. The molecule has 1 unspecified atom stereocenters. The number of hydrogen-bond donors (Lipinski definition) is 1. The largest absolute Gasteiger partial charge is 0.450 e. The predicted molar refractivity (Wildman–Crippen MR) is 107 cm³/mol. The summed E-state index contributed by atoms with van der Waals surface area (Å²) in [7, 11) is 1.43. The molecule has 1 atom stereocenters. The number of anilines is 1. The first-order valence-corrected chi connectivity index (χ1v) is 9.69. The number of ether oxygens (including phenoxy) is 1. The molecule has 0 radical (unpaired) electrons. The molecule has 1 aliphatic rings. The lowest BCUT2D eigenvalue weighted by Gasteiger charge is -2.12. The van der Waals surface area contributed by atoms with E-state index in [2.05, 4.69) is 20.3 Å². The van der Waals surface area contributed by atoms with Crippen molar-refractivity contribution in [2.45, 2.75) is 24.9 Å². The summed E-state index contributed by atoms with van der Waals surface area (Å²) in [6.45, 7) is 0. The Morgan fingerprint density at radius 2 is 1.88 bits per heavy atom. The average molecular weight is 483 g/mol. The molecule has 0 saturated carbocycles. The number of nitrogens with one attached hydrogen (secondary N) is 1. The van der Waals surface area contributed by atoms with E-state index in [0.717, 1.165) is 29.1 Å². The van der Waals surface area contributed by atoms with Crippen LogP contribution in [-0.2, 0) is 17.1 Å². The van der Waals surface area contributed by atoms with Crippen LogP contribution in [0.5, 0.6) is 0 Å². The second-order valence-electron chi connectivity index (χ2n) is 7.21. The third-order valence-corrected chi connectivity index (χ3v) is 4.95. The van der Waals surface area contributed by atoms with Gasteiger partial charge in [-0.25, -0.2) is 15.0 Å². The van der Waals surface area contributed by atoms with Gasteiger partial charge in [-0.15, -0.1) is 0 Å². The monoisotopic (exact) mass is 483 g/mol. The molecule has 1 aliphatic carbocycles. The van der Waals surface area contributed by atoms with Crippen LogP contribution in [0.15, 0.2) is 36.7 Å². The Bertz CT molecular complexity index is 1350. The zero-order valence-corrected chi connectivity index (χ0v) is 17.3. The van der Waals surface area contributed by atoms with Gasteiger partial charge < -0.3 is 10.1 Å². The summed E-state index contributed by atoms with van der Waals surface area (Å²) < 4.78 is 85.4. The van der Waals surface area contributed by atoms with Gasteiger partial charge in [-0.05, 0) is 30.7 Å². The van der Waals surface area contributed by atoms with Crippen molar-refractivity contribution in [2.75, 3.05) is 12.4 Å². The molecule has 0 bridgehead atoms. The summed E-state index contributed by atoms with van der Waals surface area (Å²) in [5.74, 6) is -2.48. The van der Waals surface area contributed by atoms with Crippen LogP contribution in [0.2, 0.25) is 0 Å². The Morgan fingerprint density at radius 3 is 2.50 bits per heavy atom. The predicted octanol–water partition coefficient (Wildman–Crippen LogP) is 2.93. The first kappa shape index (κ1) is 23.4. The van der Waals surface area contributed by atoms with E-state index in [4.69, 9.17) is 4.74 Å². The second kappa shape index (κ2) is 8.56. The number of fused-ring (bicyclic) bond motifs is 1. The fraction of sp³-hybridized carbons (Fsp3) is 0.238. The van der Waals surface area contributed by atoms with Crippen LogP contribution in [0.4, 0.5) is 32.2 Å². The maximum absolute atomic E-state index is 13.6. The van der Waals surface area contributed by atoms with Gasteiger partial charge in [-0.3, -0.25) is 9.36 Å². The molecule has 0 saturated heterocycles. The highest BCUT2D eigenvalue weighted by molar-refractivity contribution is 6.03. The van der Waals surface area contributed by atoms with Crippen molar-refractivity contribution in [3.05, 3.63) is 64.3 Å². The number of carbonyl (C=O) groups is 1. The molecule has 4 rings (SSSR count). The minimum absolute atomic E-state index is 0.0779. The van der Waals surface area contributed by atoms with E-state index in [1.165, 1.54) is 25.3 Å². The molecule has 1 aromatic carbocycles. The highest BCUT2D eigenvalue weighted by Crippen LogP contribution is 2.30. The Hall–Kier alpha value is -3.74. The average Bonchev–Trinajstić information content (AvgIpc) is 3.18. The van der Waals surface area contributed by atoms with Crippen LogP contribution in [0, 0.1) is 0 Å². The summed E-state index contributed by atoms with van der Waals surface area (Å²) in [6.07, 6.45) is -4.51. The van der Waals surface area contributed by atoms with Crippen molar-refractivity contribution >= 4 is 23.9 Å². The second-order valence-corrected chi connectivity index (χ2v) is 7.21. The third-order valence-electron chi connectivity index (χ3n) is 4.95. The minimum Gasteiger partial charge on any atom is -0.377 e. The van der Waals surface area contributed by atoms with Crippen LogP contribution >= 0.6 is 0 Å². The smallest absolute Gasteiger partial charge is 0.377 e. The molecular formula is C21H15F6N5O2. The van der Waals surface area contributed by atoms with Gasteiger partial charge in [0, 0.05) is 12.7 Å². The summed E-state index contributed by atoms with van der Waals surface area (Å²) in [4.78, 5) is 23.8. The molecule has 178 valence electrons. The van der Waals surface area contributed by atoms with Crippen molar-refractivity contribution in [3.63, 3.8) is 0 Å². The molecule has 2 aromatic heterocycles. The lowest BCUT2D eigenvalue weighted by molar-refractivity contribution is -0.146. The molecule has 1 amide bonds. The van der Waals surface area contributed by atoms with Gasteiger partial charge in [0.1, 0.15) is 0 Å². The number of aromatic nitrogens is 4. The Labute approximate surface area is 187 Å². The molecule has 0 spiro atoms. The van der Waals surface area contributed by atoms with Crippen molar-refractivity contribution in [1.29, 1.82) is 0 Å². The Balaban J connectivity index is 1.65. The number of carbonyl (C=O) groups excluding carboxylic acids is 1. The van der Waals surface area contributed by atoms with Crippen molar-refractivity contribution in [2.24, 2.45) is 0 Å². The van der Waals surface area contributed by atoms with Gasteiger partial charge in [0.15, 0.2) is 11.6 Å². The van der Waals surface area contributed by atoms with E-state index < -0.39 is 35.8 Å². The van der Waals surface area contributed by atoms with Crippen LogP contribution < -0.4 is 16.0 Å². The highest BCUT2D eigenvalue weighted by Gasteiger charge is 2.38. The maximum Gasteiger partial charge on any atom is 0.450 e. The fourth-order valence-corrected chi connectivity index (χ4v) is 3.35. The van der Waals surface area contributed by atoms with Crippen molar-refractivity contribution in [3.8, 4) is 5.82 Å². The van der Waals surface area contributed by atoms with Crippen molar-refractivity contribution < 1.29 is 35.9 Å². The summed E-state index contributed by atoms with van der Waals surface area (Å²) in [5, 5.41) is 2.51. The molecule has 0 aliphatic heterocycles. The molecule has 0 fully saturated rings. The number of rotatable bonds is 4. The number of amides is 1. The molecule has 3 aromatic rings. The topological polar surface area (TPSA) is 81.9 Å². The minimum atomic E-state index is -4.79. The number of methoxy groups -OCH3 is 1. The number of hydrogen-bond acceptors (Lipinski definition) is 5. The molecule has 7 nitrogen and oxygen atoms in total. The third kappa shape index (κ3) is 4.64. The van der Waals surface area contributed by atoms with E-state index in [1.54, 1.807) is 0 Å². The number of imidazole rings is 1. The van der Waals surface area contributed by atoms with Gasteiger partial charge in [0.05, 0.1) is 34.8 Å². The highest BCUT2D eigenvalue weighted by atomic mass is 19.4. The van der Waals surface area contributed by atoms with E-state index in [1.807, 2.05) is 0 Å². The standard InChI is InChI=1S/C21H15F6N5O2/c1-34-13-5-6-15-14(8-13)30-19(21(25,26)27)32(15)17-10-28-16(9-29-17)31-18(33)11-3-2-4-12(7-11)20(22,23)24/h2-4,6-10,13H,5H2,1H3,(H,28,31,33). The summed E-state index contributed by atoms with van der Waals surface area (Å²) >= 11 is 0. The number of alkyl halides is 6. The summed E-state index contributed by atoms with van der Waals surface area (Å²) in [6, 6.07) is 3.75. The molecule has 2 heterocycles. The molecule has 13 heteroatoms. The lowest BCUT2D eigenvalue weighted by Crippen LogP contribution is -2.35. The molecule has 1 N–H and O–H groups in total. The Kier molecular flexibility index (Phi) is 5.89. The van der Waals surface area contributed by atoms with Crippen LogP contribution in [-0.4, -0.2) is 38.6 Å². The van der Waals surface area contributed by atoms with E-state index in [-0.39, 0.29) is 27.9 Å². The normalized spacial score (nSPS) is 15.8. The van der Waals surface area contributed by atoms with Crippen LogP contribution in [0.25, 0.3) is 18.0 Å². The number of benzene rings is 1. The quantitative estimate of drug-likeness (QED) is 0.578. The van der Waals surface area contributed by atoms with Gasteiger partial charge in [-0.2, -0.15) is 26.3 Å². The van der Waals surface area contributed by atoms with E-state index >= 15 is 0 Å². The van der Waals surface area contributed by atoms with Gasteiger partial charge in [0.25, 0.3) is 5.91 Å². The zero-order chi connectivity index (χ0) is 24.7. The first-order valence-electron chi connectivity index (χ1n) is 9.69. The summed E-state index contributed by atoms with van der Waals surface area (Å²) in [5.41, 5.74) is -1.28. The number of nitrogens with zero attached hydrogens (tertiary/aromatic N) is 4.